The lowest BCUT2D eigenvalue weighted by Crippen LogP contribution is -2.26. The molecule has 0 spiro atoms. The number of rotatable bonds is 9. The van der Waals surface area contributed by atoms with Crippen LogP contribution in [0.5, 0.6) is 5.75 Å². The van der Waals surface area contributed by atoms with E-state index in [1.54, 1.807) is 6.07 Å². The molecule has 1 fully saturated rings. The third-order valence-corrected chi connectivity index (χ3v) is 7.81. The van der Waals surface area contributed by atoms with Gasteiger partial charge in [0, 0.05) is 25.3 Å². The number of ether oxygens (including phenoxy) is 1. The van der Waals surface area contributed by atoms with E-state index in [0.717, 1.165) is 67.8 Å². The average molecular weight is 535 g/mol. The number of allylic oxidation sites excluding steroid dienone is 1. The fraction of sp³-hybridized carbons (Fsp3) is 0.394. The highest BCUT2D eigenvalue weighted by Crippen LogP contribution is 2.41. The Morgan fingerprint density at radius 1 is 0.974 bits per heavy atom. The molecule has 1 unspecified atom stereocenters. The second-order valence-corrected chi connectivity index (χ2v) is 10.7. The maximum absolute atomic E-state index is 12.9. The van der Waals surface area contributed by atoms with Crippen molar-refractivity contribution in [3.63, 3.8) is 0 Å². The summed E-state index contributed by atoms with van der Waals surface area (Å²) in [4.78, 5) is 2.27. The number of nitrogens with zero attached hydrogens (tertiary/aromatic N) is 1. The number of alkyl halides is 3. The predicted octanol–water partition coefficient (Wildman–Crippen LogP) is 8.05. The Hall–Kier alpha value is -3.25. The highest BCUT2D eigenvalue weighted by atomic mass is 19.3. The quantitative estimate of drug-likeness (QED) is 0.281. The van der Waals surface area contributed by atoms with Gasteiger partial charge in [0.2, 0.25) is 0 Å². The Morgan fingerprint density at radius 2 is 1.77 bits per heavy atom. The van der Waals surface area contributed by atoms with Gasteiger partial charge in [-0.2, -0.15) is 8.78 Å². The van der Waals surface area contributed by atoms with Crippen LogP contribution in [-0.4, -0.2) is 43.9 Å². The summed E-state index contributed by atoms with van der Waals surface area (Å²) in [7, 11) is 0. The molecule has 3 nitrogen and oxygen atoms in total. The molecule has 2 aliphatic rings. The fourth-order valence-corrected chi connectivity index (χ4v) is 6.01. The first kappa shape index (κ1) is 27.3. The summed E-state index contributed by atoms with van der Waals surface area (Å²) < 4.78 is 44.7. The molecule has 0 saturated carbocycles. The second-order valence-electron chi connectivity index (χ2n) is 10.7. The van der Waals surface area contributed by atoms with Gasteiger partial charge in [0.05, 0.1) is 6.67 Å². The van der Waals surface area contributed by atoms with Gasteiger partial charge in [-0.3, -0.25) is 9.29 Å². The third-order valence-electron chi connectivity index (χ3n) is 7.81. The maximum Gasteiger partial charge on any atom is 0.312 e. The van der Waals surface area contributed by atoms with E-state index in [-0.39, 0.29) is 12.8 Å². The van der Waals surface area contributed by atoms with Crippen molar-refractivity contribution in [2.75, 3.05) is 31.6 Å². The summed E-state index contributed by atoms with van der Waals surface area (Å²) in [5.74, 6) is 0.842. The van der Waals surface area contributed by atoms with E-state index in [1.165, 1.54) is 27.8 Å². The largest absolute Gasteiger partial charge is 0.489 e. The number of aryl methyl sites for hydroxylation is 3. The Morgan fingerprint density at radius 3 is 2.51 bits per heavy atom. The first-order valence-corrected chi connectivity index (χ1v) is 14.0. The highest BCUT2D eigenvalue weighted by molar-refractivity contribution is 6.00. The number of hydrogen-bond donors (Lipinski definition) is 1. The summed E-state index contributed by atoms with van der Waals surface area (Å²) >= 11 is 0. The molecule has 206 valence electrons. The maximum atomic E-state index is 12.9. The van der Waals surface area contributed by atoms with Gasteiger partial charge in [-0.05, 0) is 109 Å². The highest BCUT2D eigenvalue weighted by Gasteiger charge is 2.24. The number of benzene rings is 3. The van der Waals surface area contributed by atoms with Crippen molar-refractivity contribution in [2.45, 2.75) is 58.6 Å². The molecule has 0 bridgehead atoms. The zero-order valence-electron chi connectivity index (χ0n) is 22.8. The van der Waals surface area contributed by atoms with Crippen LogP contribution in [0.2, 0.25) is 0 Å². The lowest BCUT2D eigenvalue weighted by molar-refractivity contribution is 0.181. The van der Waals surface area contributed by atoms with Crippen LogP contribution in [-0.2, 0) is 6.42 Å². The van der Waals surface area contributed by atoms with Crippen LogP contribution in [0.1, 0.15) is 59.1 Å². The van der Waals surface area contributed by atoms with Crippen LogP contribution >= 0.6 is 0 Å². The van der Waals surface area contributed by atoms with E-state index in [2.05, 4.69) is 47.5 Å². The molecule has 1 aliphatic carbocycles. The molecule has 1 N–H and O–H groups in total. The summed E-state index contributed by atoms with van der Waals surface area (Å²) in [6.45, 7) is 3.81. The molecule has 3 aromatic carbocycles. The summed E-state index contributed by atoms with van der Waals surface area (Å²) in [5.41, 5.74) is 9.88. The Bertz CT molecular complexity index is 1320. The van der Waals surface area contributed by atoms with E-state index < -0.39 is 6.55 Å². The number of hydrogen-bond acceptors (Lipinski definition) is 3. The normalized spacial score (nSPS) is 17.8. The van der Waals surface area contributed by atoms with Gasteiger partial charge in [-0.1, -0.05) is 42.0 Å². The molecule has 39 heavy (non-hydrogen) atoms. The first-order valence-electron chi connectivity index (χ1n) is 14.0. The molecule has 1 aliphatic heterocycles. The summed E-state index contributed by atoms with van der Waals surface area (Å²) in [6, 6.07) is 20.6. The smallest absolute Gasteiger partial charge is 0.312 e. The van der Waals surface area contributed by atoms with Crippen molar-refractivity contribution >= 4 is 16.8 Å². The fourth-order valence-electron chi connectivity index (χ4n) is 6.01. The third kappa shape index (κ3) is 6.50. The number of fused-ring (bicyclic) bond motifs is 1. The number of nitrogens with one attached hydrogen (secondary N) is 1. The van der Waals surface area contributed by atoms with Crippen molar-refractivity contribution in [3.05, 3.63) is 94.0 Å². The van der Waals surface area contributed by atoms with E-state index in [4.69, 9.17) is 4.74 Å². The lowest BCUT2D eigenvalue weighted by Gasteiger charge is -2.20. The van der Waals surface area contributed by atoms with Gasteiger partial charge in [0.1, 0.15) is 11.9 Å². The topological polar surface area (TPSA) is 24.5 Å². The Kier molecular flexibility index (Phi) is 8.61. The van der Waals surface area contributed by atoms with Crippen LogP contribution in [0.4, 0.5) is 18.9 Å². The minimum absolute atomic E-state index is 0.120. The van der Waals surface area contributed by atoms with Crippen LogP contribution in [0.3, 0.4) is 0 Å². The van der Waals surface area contributed by atoms with Crippen LogP contribution in [0.25, 0.3) is 11.1 Å². The molecule has 1 atom stereocenters. The van der Waals surface area contributed by atoms with Crippen LogP contribution < -0.4 is 10.1 Å². The van der Waals surface area contributed by atoms with E-state index >= 15 is 0 Å². The predicted molar refractivity (Wildman–Crippen MR) is 153 cm³/mol. The average Bonchev–Trinajstić information content (AvgIpc) is 3.27. The molecule has 1 saturated heterocycles. The van der Waals surface area contributed by atoms with Crippen molar-refractivity contribution in [2.24, 2.45) is 0 Å². The van der Waals surface area contributed by atoms with Crippen molar-refractivity contribution in [3.8, 4) is 5.75 Å². The monoisotopic (exact) mass is 534 g/mol. The van der Waals surface area contributed by atoms with Gasteiger partial charge in [0.15, 0.2) is 0 Å². The Balaban J connectivity index is 1.49. The molecule has 0 radical (unpaired) electrons. The number of halogens is 3. The van der Waals surface area contributed by atoms with E-state index in [1.807, 2.05) is 31.2 Å². The lowest BCUT2D eigenvalue weighted by atomic mass is 9.86. The second kappa shape index (κ2) is 12.3. The van der Waals surface area contributed by atoms with Gasteiger partial charge in [-0.15, -0.1) is 0 Å². The van der Waals surface area contributed by atoms with Gasteiger partial charge in [-0.25, -0.2) is 0 Å². The number of likely N-dealkylation sites (tertiary alicyclic amines) is 1. The van der Waals surface area contributed by atoms with Crippen molar-refractivity contribution in [1.29, 1.82) is 0 Å². The van der Waals surface area contributed by atoms with Gasteiger partial charge >= 0.3 is 6.55 Å². The molecular weight excluding hydrogens is 497 g/mol. The molecule has 6 heteroatoms. The van der Waals surface area contributed by atoms with Crippen LogP contribution in [0, 0.1) is 13.8 Å². The molecule has 0 amide bonds. The zero-order valence-corrected chi connectivity index (χ0v) is 22.8. The van der Waals surface area contributed by atoms with Crippen molar-refractivity contribution < 1.29 is 17.9 Å². The minimum atomic E-state index is -2.60. The number of anilines is 1. The summed E-state index contributed by atoms with van der Waals surface area (Å²) in [6.07, 6.45) is 4.57. The first-order chi connectivity index (χ1) is 18.9. The SMILES string of the molecule is Cc1ccc2c(c1)CCCC(c1ccc(NC(F)F)cc1C)=C2c1ccc(OC2CCN(CCCF)C2)cc1. The summed E-state index contributed by atoms with van der Waals surface area (Å²) in [5, 5.41) is 2.22. The molecule has 3 aromatic rings. The standard InChI is InChI=1S/C33H37F3N2O/c1-22-7-13-30-25(19-22)5-3-6-31(29-14-10-26(20-23(29)2)37-33(35)36)32(30)24-8-11-27(12-9-24)39-28-15-18-38(21-28)17-4-16-34/h7-14,19-20,28,33,37H,3-6,15-18,21H2,1-2H3. The zero-order chi connectivity index (χ0) is 27.4. The Labute approximate surface area is 229 Å². The van der Waals surface area contributed by atoms with Crippen LogP contribution in [0.15, 0.2) is 60.7 Å². The van der Waals surface area contributed by atoms with Gasteiger partial charge < -0.3 is 10.1 Å². The van der Waals surface area contributed by atoms with Crippen molar-refractivity contribution in [1.82, 2.24) is 4.90 Å². The van der Waals surface area contributed by atoms with E-state index in [0.29, 0.717) is 12.1 Å². The molecule has 1 heterocycles. The van der Waals surface area contributed by atoms with E-state index in [9.17, 15) is 13.2 Å². The molecule has 0 aromatic heterocycles. The molecule has 5 rings (SSSR count). The molecular formula is C33H37F3N2O. The van der Waals surface area contributed by atoms with Gasteiger partial charge in [0.25, 0.3) is 0 Å². The minimum Gasteiger partial charge on any atom is -0.489 e.